The smallest absolute Gasteiger partial charge is 0.466 e. The first-order valence-corrected chi connectivity index (χ1v) is 26.3. The number of esters is 2. The second kappa shape index (κ2) is 42.5. The van der Waals surface area contributed by atoms with Crippen molar-refractivity contribution in [3.05, 3.63) is 0 Å². The van der Waals surface area contributed by atoms with Crippen molar-refractivity contribution in [2.75, 3.05) is 39.5 Å². The summed E-state index contributed by atoms with van der Waals surface area (Å²) in [5.74, 6) is 1.32. The zero-order chi connectivity index (χ0) is 43.6. The van der Waals surface area contributed by atoms with Crippen LogP contribution in [0.1, 0.15) is 259 Å². The maximum atomic E-state index is 12.6. The third kappa shape index (κ3) is 35.7. The molecule has 8 nitrogen and oxygen atoms in total. The van der Waals surface area contributed by atoms with Gasteiger partial charge in [-0.1, -0.05) is 182 Å². The monoisotopic (exact) mass is 850 g/mol. The standard InChI is InChI=1S/C52H99NO7/c1-5-9-21-31-47(32-22-10-6-2)39-44-57-50(54)37-27-19-15-13-14-17-25-35-49(60-52(56)59-46-43-53-41-29-30-42-53)36-26-18-16-20-28-38-51(55)58-45-40-48(33-23-11-7-3)34-24-12-8-4/h47-49H,5-46H2,1-4H3. The minimum absolute atomic E-state index is 0.0266. The summed E-state index contributed by atoms with van der Waals surface area (Å²) in [6, 6.07) is 0. The quantitative estimate of drug-likeness (QED) is 0.0340. The zero-order valence-corrected chi connectivity index (χ0v) is 40.2. The van der Waals surface area contributed by atoms with E-state index in [-0.39, 0.29) is 18.0 Å². The molecule has 1 atom stereocenters. The SMILES string of the molecule is CCCCCC(CCCCC)CCOC(=O)CCCCCCCCCC(CCCCCCCC(=O)OCCC(CCCCC)CCCCC)OC(=O)OCCN1CCCC1. The Hall–Kier alpha value is -1.83. The van der Waals surface area contributed by atoms with Gasteiger partial charge in [0.1, 0.15) is 12.7 Å². The first-order valence-electron chi connectivity index (χ1n) is 26.3. The molecule has 0 aromatic rings. The predicted octanol–water partition coefficient (Wildman–Crippen LogP) is 15.3. The van der Waals surface area contributed by atoms with Gasteiger partial charge in [-0.25, -0.2) is 4.79 Å². The molecule has 1 unspecified atom stereocenters. The summed E-state index contributed by atoms with van der Waals surface area (Å²) in [5.41, 5.74) is 0. The fraction of sp³-hybridized carbons (Fsp3) is 0.942. The average molecular weight is 850 g/mol. The molecular formula is C52H99NO7. The Morgan fingerprint density at radius 3 is 1.18 bits per heavy atom. The lowest BCUT2D eigenvalue weighted by molar-refractivity contribution is -0.145. The van der Waals surface area contributed by atoms with Crippen LogP contribution in [0.15, 0.2) is 0 Å². The maximum absolute atomic E-state index is 12.6. The summed E-state index contributed by atoms with van der Waals surface area (Å²) in [5, 5.41) is 0. The van der Waals surface area contributed by atoms with Crippen LogP contribution in [0, 0.1) is 11.8 Å². The Balaban J connectivity index is 2.26. The van der Waals surface area contributed by atoms with Crippen molar-refractivity contribution in [3.63, 3.8) is 0 Å². The molecule has 0 radical (unpaired) electrons. The van der Waals surface area contributed by atoms with Gasteiger partial charge in [-0.2, -0.15) is 0 Å². The molecule has 1 rings (SSSR count). The number of hydrogen-bond acceptors (Lipinski definition) is 8. The van der Waals surface area contributed by atoms with Crippen LogP contribution in [0.3, 0.4) is 0 Å². The molecule has 1 heterocycles. The molecule has 1 aliphatic rings. The Kier molecular flexibility index (Phi) is 39.8. The summed E-state index contributed by atoms with van der Waals surface area (Å²) >= 11 is 0. The minimum atomic E-state index is -0.525. The van der Waals surface area contributed by atoms with Crippen LogP contribution >= 0.6 is 0 Å². The number of carbonyl (C=O) groups excluding carboxylic acids is 3. The van der Waals surface area contributed by atoms with E-state index in [1.54, 1.807) is 0 Å². The number of hydrogen-bond donors (Lipinski definition) is 0. The Labute approximate surface area is 371 Å². The molecule has 60 heavy (non-hydrogen) atoms. The minimum Gasteiger partial charge on any atom is -0.466 e. The maximum Gasteiger partial charge on any atom is 0.508 e. The highest BCUT2D eigenvalue weighted by Crippen LogP contribution is 2.23. The van der Waals surface area contributed by atoms with Crippen LogP contribution in [-0.2, 0) is 28.5 Å². The lowest BCUT2D eigenvalue weighted by Gasteiger charge is -2.19. The fourth-order valence-electron chi connectivity index (χ4n) is 8.81. The second-order valence-electron chi connectivity index (χ2n) is 18.4. The van der Waals surface area contributed by atoms with Crippen molar-refractivity contribution < 1.29 is 33.3 Å². The number of likely N-dealkylation sites (tertiary alicyclic amines) is 1. The first kappa shape index (κ1) is 56.2. The Morgan fingerprint density at radius 1 is 0.417 bits per heavy atom. The van der Waals surface area contributed by atoms with Crippen molar-refractivity contribution in [2.24, 2.45) is 11.8 Å². The summed E-state index contributed by atoms with van der Waals surface area (Å²) in [4.78, 5) is 39.8. The highest BCUT2D eigenvalue weighted by Gasteiger charge is 2.18. The van der Waals surface area contributed by atoms with E-state index in [4.69, 9.17) is 18.9 Å². The molecule has 1 saturated heterocycles. The van der Waals surface area contributed by atoms with E-state index >= 15 is 0 Å². The number of carbonyl (C=O) groups is 3. The summed E-state index contributed by atoms with van der Waals surface area (Å²) in [6.07, 6.45) is 39.8. The van der Waals surface area contributed by atoms with E-state index in [9.17, 15) is 14.4 Å². The van der Waals surface area contributed by atoms with Gasteiger partial charge < -0.3 is 18.9 Å². The topological polar surface area (TPSA) is 91.4 Å². The summed E-state index contributed by atoms with van der Waals surface area (Å²) < 4.78 is 22.6. The Bertz CT molecular complexity index is 950. The molecule has 0 amide bonds. The van der Waals surface area contributed by atoms with Gasteiger partial charge in [0.05, 0.1) is 13.2 Å². The lowest BCUT2D eigenvalue weighted by atomic mass is 9.92. The van der Waals surface area contributed by atoms with E-state index in [1.807, 2.05) is 0 Å². The van der Waals surface area contributed by atoms with Gasteiger partial charge in [-0.15, -0.1) is 0 Å². The summed E-state index contributed by atoms with van der Waals surface area (Å²) in [6.45, 7) is 13.5. The summed E-state index contributed by atoms with van der Waals surface area (Å²) in [7, 11) is 0. The van der Waals surface area contributed by atoms with Crippen LogP contribution in [0.5, 0.6) is 0 Å². The van der Waals surface area contributed by atoms with Crippen LogP contribution in [0.4, 0.5) is 4.79 Å². The second-order valence-corrected chi connectivity index (χ2v) is 18.4. The third-order valence-electron chi connectivity index (χ3n) is 12.8. The van der Waals surface area contributed by atoms with Crippen molar-refractivity contribution in [2.45, 2.75) is 265 Å². The van der Waals surface area contributed by atoms with Crippen molar-refractivity contribution in [1.82, 2.24) is 4.90 Å². The van der Waals surface area contributed by atoms with E-state index < -0.39 is 6.16 Å². The molecule has 0 saturated carbocycles. The van der Waals surface area contributed by atoms with Gasteiger partial charge in [-0.05, 0) is 89.1 Å². The molecule has 0 aromatic heterocycles. The first-order chi connectivity index (χ1) is 29.4. The van der Waals surface area contributed by atoms with Crippen molar-refractivity contribution in [1.29, 1.82) is 0 Å². The van der Waals surface area contributed by atoms with E-state index in [0.717, 1.165) is 116 Å². The molecule has 1 fully saturated rings. The zero-order valence-electron chi connectivity index (χ0n) is 40.2. The highest BCUT2D eigenvalue weighted by molar-refractivity contribution is 5.69. The highest BCUT2D eigenvalue weighted by atomic mass is 16.7. The molecule has 0 aliphatic carbocycles. The normalized spacial score (nSPS) is 13.6. The molecule has 0 spiro atoms. The van der Waals surface area contributed by atoms with Gasteiger partial charge >= 0.3 is 18.1 Å². The van der Waals surface area contributed by atoms with Gasteiger partial charge in [-0.3, -0.25) is 14.5 Å². The van der Waals surface area contributed by atoms with Gasteiger partial charge in [0, 0.05) is 19.4 Å². The van der Waals surface area contributed by atoms with E-state index in [2.05, 4.69) is 32.6 Å². The lowest BCUT2D eigenvalue weighted by Crippen LogP contribution is -2.26. The third-order valence-corrected chi connectivity index (χ3v) is 12.8. The largest absolute Gasteiger partial charge is 0.508 e. The van der Waals surface area contributed by atoms with Crippen molar-refractivity contribution >= 4 is 18.1 Å². The molecule has 8 heteroatoms. The van der Waals surface area contributed by atoms with E-state index in [1.165, 1.54) is 122 Å². The van der Waals surface area contributed by atoms with Gasteiger partial charge in [0.2, 0.25) is 0 Å². The molecule has 354 valence electrons. The number of ether oxygens (including phenoxy) is 4. The van der Waals surface area contributed by atoms with Gasteiger partial charge in [0.15, 0.2) is 0 Å². The number of unbranched alkanes of at least 4 members (excludes halogenated alkanes) is 18. The fourth-order valence-corrected chi connectivity index (χ4v) is 8.81. The average Bonchev–Trinajstić information content (AvgIpc) is 3.76. The molecular weight excluding hydrogens is 751 g/mol. The van der Waals surface area contributed by atoms with Crippen LogP contribution in [0.2, 0.25) is 0 Å². The van der Waals surface area contributed by atoms with Crippen molar-refractivity contribution in [3.8, 4) is 0 Å². The van der Waals surface area contributed by atoms with Crippen LogP contribution in [-0.4, -0.2) is 68.6 Å². The number of rotatable bonds is 44. The van der Waals surface area contributed by atoms with Gasteiger partial charge in [0.25, 0.3) is 0 Å². The van der Waals surface area contributed by atoms with Crippen LogP contribution < -0.4 is 0 Å². The molecule has 1 aliphatic heterocycles. The molecule has 0 bridgehead atoms. The molecule has 0 N–H and O–H groups in total. The molecule has 0 aromatic carbocycles. The van der Waals surface area contributed by atoms with Crippen LogP contribution in [0.25, 0.3) is 0 Å². The predicted molar refractivity (Wildman–Crippen MR) is 250 cm³/mol. The van der Waals surface area contributed by atoms with E-state index in [0.29, 0.717) is 44.5 Å². The number of nitrogens with zero attached hydrogens (tertiary/aromatic N) is 1. The Morgan fingerprint density at radius 2 is 0.783 bits per heavy atom.